The Morgan fingerprint density at radius 1 is 1.43 bits per heavy atom. The summed E-state index contributed by atoms with van der Waals surface area (Å²) in [5, 5.41) is 16.3. The Bertz CT molecular complexity index is 596. The molecule has 2 unspecified atom stereocenters. The highest BCUT2D eigenvalue weighted by Crippen LogP contribution is 2.24. The fourth-order valence-corrected chi connectivity index (χ4v) is 2.56. The number of amides is 1. The molecule has 0 spiro atoms. The van der Waals surface area contributed by atoms with Crippen LogP contribution in [0.15, 0.2) is 31.0 Å². The molecule has 2 N–H and O–H groups in total. The second kappa shape index (κ2) is 6.01. The molecule has 0 radical (unpaired) electrons. The molecule has 1 amide bonds. The standard InChI is InChI=1S/C14H17N5O2/c20-12-3-1-10(5-12)6-17-14(21)11-2-4-13(16-7-11)19-9-15-8-18-19/h2,4,7-10,12,20H,1,3,5-6H2,(H,17,21). The SMILES string of the molecule is O=C(NCC1CCC(O)C1)c1ccc(-n2cncn2)nc1. The van der Waals surface area contributed by atoms with Crippen molar-refractivity contribution in [1.82, 2.24) is 25.1 Å². The van der Waals surface area contributed by atoms with Crippen LogP contribution in [0.4, 0.5) is 0 Å². The Morgan fingerprint density at radius 3 is 2.95 bits per heavy atom. The summed E-state index contributed by atoms with van der Waals surface area (Å²) in [6.07, 6.45) is 6.85. The molecule has 2 aromatic heterocycles. The number of pyridine rings is 1. The van der Waals surface area contributed by atoms with Gasteiger partial charge in [0.05, 0.1) is 11.7 Å². The molecule has 2 heterocycles. The molecule has 1 fully saturated rings. The van der Waals surface area contributed by atoms with Crippen LogP contribution in [-0.4, -0.2) is 43.4 Å². The summed E-state index contributed by atoms with van der Waals surface area (Å²) in [6.45, 7) is 0.598. The van der Waals surface area contributed by atoms with Gasteiger partial charge in [0.15, 0.2) is 5.82 Å². The number of carbonyl (C=O) groups excluding carboxylic acids is 1. The van der Waals surface area contributed by atoms with E-state index in [-0.39, 0.29) is 12.0 Å². The van der Waals surface area contributed by atoms with Gasteiger partial charge in [0, 0.05) is 12.7 Å². The molecular formula is C14H17N5O2. The zero-order valence-corrected chi connectivity index (χ0v) is 11.5. The van der Waals surface area contributed by atoms with Crippen molar-refractivity contribution in [2.24, 2.45) is 5.92 Å². The highest BCUT2D eigenvalue weighted by molar-refractivity contribution is 5.93. The van der Waals surface area contributed by atoms with Crippen molar-refractivity contribution in [1.29, 1.82) is 0 Å². The normalized spacial score (nSPS) is 21.4. The number of nitrogens with zero attached hydrogens (tertiary/aromatic N) is 4. The summed E-state index contributed by atoms with van der Waals surface area (Å²) < 4.78 is 1.53. The molecule has 110 valence electrons. The minimum absolute atomic E-state index is 0.144. The zero-order chi connectivity index (χ0) is 14.7. The smallest absolute Gasteiger partial charge is 0.252 e. The predicted molar refractivity (Wildman–Crippen MR) is 74.8 cm³/mol. The summed E-state index contributed by atoms with van der Waals surface area (Å²) in [5.74, 6) is 0.836. The van der Waals surface area contributed by atoms with Crippen LogP contribution < -0.4 is 5.32 Å². The second-order valence-electron chi connectivity index (χ2n) is 5.29. The van der Waals surface area contributed by atoms with Crippen molar-refractivity contribution in [3.8, 4) is 5.82 Å². The Morgan fingerprint density at radius 2 is 2.33 bits per heavy atom. The number of rotatable bonds is 4. The van der Waals surface area contributed by atoms with Gasteiger partial charge in [-0.1, -0.05) is 0 Å². The van der Waals surface area contributed by atoms with Crippen LogP contribution in [0.1, 0.15) is 29.6 Å². The summed E-state index contributed by atoms with van der Waals surface area (Å²) in [7, 11) is 0. The molecule has 7 nitrogen and oxygen atoms in total. The first kappa shape index (κ1) is 13.7. The summed E-state index contributed by atoms with van der Waals surface area (Å²) in [5.41, 5.74) is 0.511. The van der Waals surface area contributed by atoms with Crippen molar-refractivity contribution >= 4 is 5.91 Å². The van der Waals surface area contributed by atoms with Crippen LogP contribution in [0.25, 0.3) is 5.82 Å². The van der Waals surface area contributed by atoms with E-state index in [9.17, 15) is 9.90 Å². The predicted octanol–water partition coefficient (Wildman–Crippen LogP) is 0.553. The number of aliphatic hydroxyl groups is 1. The van der Waals surface area contributed by atoms with E-state index in [1.807, 2.05) is 0 Å². The van der Waals surface area contributed by atoms with Crippen LogP contribution in [0, 0.1) is 5.92 Å². The number of carbonyl (C=O) groups is 1. The number of hydrogen-bond donors (Lipinski definition) is 2. The lowest BCUT2D eigenvalue weighted by Gasteiger charge is -2.11. The van der Waals surface area contributed by atoms with Gasteiger partial charge in [0.1, 0.15) is 12.7 Å². The van der Waals surface area contributed by atoms with Crippen LogP contribution in [-0.2, 0) is 0 Å². The molecule has 1 saturated carbocycles. The lowest BCUT2D eigenvalue weighted by Crippen LogP contribution is -2.28. The second-order valence-corrected chi connectivity index (χ2v) is 5.29. The first-order valence-electron chi connectivity index (χ1n) is 6.99. The highest BCUT2D eigenvalue weighted by Gasteiger charge is 2.23. The van der Waals surface area contributed by atoms with E-state index in [0.717, 1.165) is 19.3 Å². The van der Waals surface area contributed by atoms with Crippen LogP contribution in [0.3, 0.4) is 0 Å². The molecule has 21 heavy (non-hydrogen) atoms. The number of aliphatic hydroxyl groups excluding tert-OH is 1. The Kier molecular flexibility index (Phi) is 3.92. The van der Waals surface area contributed by atoms with Crippen molar-refractivity contribution in [3.05, 3.63) is 36.5 Å². The monoisotopic (exact) mass is 287 g/mol. The topological polar surface area (TPSA) is 92.9 Å². The number of aromatic nitrogens is 4. The van der Waals surface area contributed by atoms with Gasteiger partial charge in [-0.3, -0.25) is 4.79 Å². The third-order valence-corrected chi connectivity index (χ3v) is 3.73. The van der Waals surface area contributed by atoms with Gasteiger partial charge in [0.25, 0.3) is 5.91 Å². The summed E-state index contributed by atoms with van der Waals surface area (Å²) in [6, 6.07) is 3.44. The van der Waals surface area contributed by atoms with Gasteiger partial charge in [-0.15, -0.1) is 0 Å². The minimum atomic E-state index is -0.212. The molecule has 2 aromatic rings. The molecular weight excluding hydrogens is 270 g/mol. The molecule has 1 aliphatic rings. The van der Waals surface area contributed by atoms with Gasteiger partial charge in [-0.05, 0) is 37.3 Å². The molecule has 2 atom stereocenters. The third kappa shape index (κ3) is 3.25. The highest BCUT2D eigenvalue weighted by atomic mass is 16.3. The van der Waals surface area contributed by atoms with Crippen molar-refractivity contribution < 1.29 is 9.90 Å². The van der Waals surface area contributed by atoms with E-state index >= 15 is 0 Å². The molecule has 1 aliphatic carbocycles. The quantitative estimate of drug-likeness (QED) is 0.856. The van der Waals surface area contributed by atoms with Gasteiger partial charge in [0.2, 0.25) is 0 Å². The lowest BCUT2D eigenvalue weighted by molar-refractivity contribution is 0.0944. The van der Waals surface area contributed by atoms with Gasteiger partial charge >= 0.3 is 0 Å². The van der Waals surface area contributed by atoms with Crippen LogP contribution in [0.2, 0.25) is 0 Å². The fraction of sp³-hybridized carbons (Fsp3) is 0.429. The van der Waals surface area contributed by atoms with E-state index in [1.54, 1.807) is 18.5 Å². The number of hydrogen-bond acceptors (Lipinski definition) is 5. The molecule has 3 rings (SSSR count). The van der Waals surface area contributed by atoms with Gasteiger partial charge < -0.3 is 10.4 Å². The first-order valence-corrected chi connectivity index (χ1v) is 6.99. The van der Waals surface area contributed by atoms with E-state index in [1.165, 1.54) is 17.2 Å². The fourth-order valence-electron chi connectivity index (χ4n) is 2.56. The Labute approximate surface area is 122 Å². The van der Waals surface area contributed by atoms with Crippen molar-refractivity contribution in [2.45, 2.75) is 25.4 Å². The van der Waals surface area contributed by atoms with E-state index in [0.29, 0.717) is 23.8 Å². The minimum Gasteiger partial charge on any atom is -0.393 e. The van der Waals surface area contributed by atoms with E-state index < -0.39 is 0 Å². The maximum atomic E-state index is 12.0. The molecule has 0 bridgehead atoms. The van der Waals surface area contributed by atoms with E-state index in [4.69, 9.17) is 0 Å². The lowest BCUT2D eigenvalue weighted by atomic mass is 10.1. The summed E-state index contributed by atoms with van der Waals surface area (Å²) >= 11 is 0. The van der Waals surface area contributed by atoms with Crippen LogP contribution in [0.5, 0.6) is 0 Å². The molecule has 0 saturated heterocycles. The van der Waals surface area contributed by atoms with Crippen LogP contribution >= 0.6 is 0 Å². The Hall–Kier alpha value is -2.28. The molecule has 0 aromatic carbocycles. The van der Waals surface area contributed by atoms with Gasteiger partial charge in [-0.2, -0.15) is 5.10 Å². The average molecular weight is 287 g/mol. The maximum absolute atomic E-state index is 12.0. The Balaban J connectivity index is 1.57. The van der Waals surface area contributed by atoms with E-state index in [2.05, 4.69) is 20.4 Å². The average Bonchev–Trinajstić information content (AvgIpc) is 3.16. The first-order chi connectivity index (χ1) is 10.2. The maximum Gasteiger partial charge on any atom is 0.252 e. The molecule has 0 aliphatic heterocycles. The van der Waals surface area contributed by atoms with Crippen molar-refractivity contribution in [3.63, 3.8) is 0 Å². The molecule has 7 heteroatoms. The number of nitrogens with one attached hydrogen (secondary N) is 1. The third-order valence-electron chi connectivity index (χ3n) is 3.73. The van der Waals surface area contributed by atoms with Gasteiger partial charge in [-0.25, -0.2) is 14.6 Å². The zero-order valence-electron chi connectivity index (χ0n) is 11.5. The van der Waals surface area contributed by atoms with Crippen molar-refractivity contribution in [2.75, 3.05) is 6.54 Å². The largest absolute Gasteiger partial charge is 0.393 e. The summed E-state index contributed by atoms with van der Waals surface area (Å²) in [4.78, 5) is 20.1.